The molecule has 0 radical (unpaired) electrons. The maximum atomic E-state index is 11.9. The molecule has 0 N–H and O–H groups in total. The summed E-state index contributed by atoms with van der Waals surface area (Å²) in [6.45, 7) is 3.58. The first-order valence-electron chi connectivity index (χ1n) is 5.49. The highest BCUT2D eigenvalue weighted by atomic mass is 35.5. The van der Waals surface area contributed by atoms with Gasteiger partial charge in [-0.15, -0.1) is 0 Å². The zero-order chi connectivity index (χ0) is 14.0. The summed E-state index contributed by atoms with van der Waals surface area (Å²) in [7, 11) is 0. The number of rotatable bonds is 3. The standard InChI is InChI=1S/C12H10Cl2N2O3/c1-3-18-12(17)9-6(2)19-16-11(9)10-7(13)4-15-5-8(10)14/h4-5H,3H2,1-2H3. The van der Waals surface area contributed by atoms with E-state index in [2.05, 4.69) is 10.1 Å². The van der Waals surface area contributed by atoms with E-state index < -0.39 is 5.97 Å². The number of carbonyl (C=O) groups excluding carboxylic acids is 1. The molecule has 0 saturated heterocycles. The summed E-state index contributed by atoms with van der Waals surface area (Å²) in [6.07, 6.45) is 2.84. The van der Waals surface area contributed by atoms with Crippen molar-refractivity contribution in [1.29, 1.82) is 0 Å². The molecule has 0 aliphatic rings. The van der Waals surface area contributed by atoms with Crippen LogP contribution in [-0.2, 0) is 4.74 Å². The predicted octanol–water partition coefficient (Wildman–Crippen LogP) is 3.53. The Morgan fingerprint density at radius 2 is 2.00 bits per heavy atom. The minimum absolute atomic E-state index is 0.219. The number of aromatic nitrogens is 2. The molecule has 2 aromatic heterocycles. The molecule has 0 amide bonds. The molecule has 0 aliphatic carbocycles. The molecule has 0 spiro atoms. The van der Waals surface area contributed by atoms with Gasteiger partial charge < -0.3 is 9.26 Å². The van der Waals surface area contributed by atoms with E-state index in [0.717, 1.165) is 0 Å². The van der Waals surface area contributed by atoms with Gasteiger partial charge in [-0.2, -0.15) is 0 Å². The van der Waals surface area contributed by atoms with Crippen molar-refractivity contribution in [2.75, 3.05) is 6.61 Å². The molecule has 0 fully saturated rings. The third-order valence-electron chi connectivity index (χ3n) is 2.43. The first kappa shape index (κ1) is 13.8. The molecule has 2 heterocycles. The average molecular weight is 301 g/mol. The van der Waals surface area contributed by atoms with Crippen LogP contribution in [0.4, 0.5) is 0 Å². The van der Waals surface area contributed by atoms with E-state index in [0.29, 0.717) is 11.3 Å². The molecule has 2 rings (SSSR count). The van der Waals surface area contributed by atoms with Crippen molar-refractivity contribution >= 4 is 29.2 Å². The first-order valence-corrected chi connectivity index (χ1v) is 6.24. The molecule has 0 aromatic carbocycles. The van der Waals surface area contributed by atoms with Crippen molar-refractivity contribution in [2.45, 2.75) is 13.8 Å². The molecule has 0 aliphatic heterocycles. The van der Waals surface area contributed by atoms with Crippen LogP contribution in [0.3, 0.4) is 0 Å². The van der Waals surface area contributed by atoms with E-state index in [9.17, 15) is 4.79 Å². The van der Waals surface area contributed by atoms with Crippen LogP contribution in [-0.4, -0.2) is 22.7 Å². The minimum Gasteiger partial charge on any atom is -0.462 e. The summed E-state index contributed by atoms with van der Waals surface area (Å²) < 4.78 is 10.0. The number of ether oxygens (including phenoxy) is 1. The Labute approximate surface area is 119 Å². The van der Waals surface area contributed by atoms with Gasteiger partial charge in [0.2, 0.25) is 0 Å². The fourth-order valence-electron chi connectivity index (χ4n) is 1.62. The highest BCUT2D eigenvalue weighted by Crippen LogP contribution is 2.36. The van der Waals surface area contributed by atoms with Gasteiger partial charge in [-0.05, 0) is 13.8 Å². The van der Waals surface area contributed by atoms with Crippen LogP contribution in [0.5, 0.6) is 0 Å². The average Bonchev–Trinajstić information content (AvgIpc) is 2.71. The Morgan fingerprint density at radius 1 is 1.37 bits per heavy atom. The molecule has 2 aromatic rings. The molecular formula is C12H10Cl2N2O3. The van der Waals surface area contributed by atoms with Gasteiger partial charge in [0, 0.05) is 18.0 Å². The number of nitrogens with zero attached hydrogens (tertiary/aromatic N) is 2. The number of hydrogen-bond acceptors (Lipinski definition) is 5. The van der Waals surface area contributed by atoms with Crippen LogP contribution in [0.15, 0.2) is 16.9 Å². The third-order valence-corrected chi connectivity index (χ3v) is 3.01. The quantitative estimate of drug-likeness (QED) is 0.811. The van der Waals surface area contributed by atoms with E-state index in [4.69, 9.17) is 32.5 Å². The molecule has 0 atom stereocenters. The zero-order valence-electron chi connectivity index (χ0n) is 10.2. The van der Waals surface area contributed by atoms with E-state index in [1.165, 1.54) is 12.4 Å². The molecule has 7 heteroatoms. The highest BCUT2D eigenvalue weighted by Gasteiger charge is 2.25. The molecular weight excluding hydrogens is 291 g/mol. The Hall–Kier alpha value is -1.59. The molecule has 100 valence electrons. The topological polar surface area (TPSA) is 65.2 Å². The lowest BCUT2D eigenvalue weighted by Gasteiger charge is -2.05. The van der Waals surface area contributed by atoms with Crippen molar-refractivity contribution in [3.05, 3.63) is 33.8 Å². The monoisotopic (exact) mass is 300 g/mol. The van der Waals surface area contributed by atoms with E-state index >= 15 is 0 Å². The van der Waals surface area contributed by atoms with Crippen LogP contribution >= 0.6 is 23.2 Å². The van der Waals surface area contributed by atoms with Crippen LogP contribution in [0.25, 0.3) is 11.3 Å². The van der Waals surface area contributed by atoms with Crippen molar-refractivity contribution < 1.29 is 14.1 Å². The van der Waals surface area contributed by atoms with Crippen LogP contribution in [0.1, 0.15) is 23.0 Å². The number of carbonyl (C=O) groups is 1. The van der Waals surface area contributed by atoms with Crippen molar-refractivity contribution in [2.24, 2.45) is 0 Å². The zero-order valence-corrected chi connectivity index (χ0v) is 11.7. The van der Waals surface area contributed by atoms with Crippen molar-refractivity contribution in [3.63, 3.8) is 0 Å². The third kappa shape index (κ3) is 2.57. The fraction of sp³-hybridized carbons (Fsp3) is 0.250. The number of halogens is 2. The summed E-state index contributed by atoms with van der Waals surface area (Å²) in [5.74, 6) is -0.183. The molecule has 0 bridgehead atoms. The van der Waals surface area contributed by atoms with Gasteiger partial charge >= 0.3 is 5.97 Å². The smallest absolute Gasteiger partial charge is 0.344 e. The number of hydrogen-bond donors (Lipinski definition) is 0. The van der Waals surface area contributed by atoms with Gasteiger partial charge in [-0.3, -0.25) is 4.98 Å². The second kappa shape index (κ2) is 5.59. The molecule has 19 heavy (non-hydrogen) atoms. The maximum Gasteiger partial charge on any atom is 0.344 e. The Balaban J connectivity index is 2.61. The molecule has 0 saturated carbocycles. The Morgan fingerprint density at radius 3 is 2.58 bits per heavy atom. The maximum absolute atomic E-state index is 11.9. The van der Waals surface area contributed by atoms with E-state index in [1.807, 2.05) is 0 Å². The van der Waals surface area contributed by atoms with Crippen LogP contribution < -0.4 is 0 Å². The van der Waals surface area contributed by atoms with Gasteiger partial charge in [0.1, 0.15) is 17.0 Å². The fourth-order valence-corrected chi connectivity index (χ4v) is 2.17. The molecule has 0 unspecified atom stereocenters. The largest absolute Gasteiger partial charge is 0.462 e. The van der Waals surface area contributed by atoms with E-state index in [-0.39, 0.29) is 27.9 Å². The normalized spacial score (nSPS) is 10.5. The number of pyridine rings is 1. The lowest BCUT2D eigenvalue weighted by Crippen LogP contribution is -2.07. The summed E-state index contributed by atoms with van der Waals surface area (Å²) in [5, 5.41) is 4.41. The second-order valence-corrected chi connectivity index (χ2v) is 4.48. The van der Waals surface area contributed by atoms with Gasteiger partial charge in [-0.25, -0.2) is 4.79 Å². The lowest BCUT2D eigenvalue weighted by atomic mass is 10.1. The van der Waals surface area contributed by atoms with Gasteiger partial charge in [0.25, 0.3) is 0 Å². The van der Waals surface area contributed by atoms with Gasteiger partial charge in [0.15, 0.2) is 0 Å². The molecule has 5 nitrogen and oxygen atoms in total. The van der Waals surface area contributed by atoms with Gasteiger partial charge in [0.05, 0.1) is 16.7 Å². The minimum atomic E-state index is -0.528. The summed E-state index contributed by atoms with van der Waals surface area (Å²) in [5.41, 5.74) is 0.878. The summed E-state index contributed by atoms with van der Waals surface area (Å²) in [6, 6.07) is 0. The second-order valence-electron chi connectivity index (χ2n) is 3.66. The van der Waals surface area contributed by atoms with E-state index in [1.54, 1.807) is 13.8 Å². The summed E-state index contributed by atoms with van der Waals surface area (Å²) >= 11 is 12.1. The number of esters is 1. The predicted molar refractivity (Wildman–Crippen MR) is 70.4 cm³/mol. The van der Waals surface area contributed by atoms with Crippen molar-refractivity contribution in [3.8, 4) is 11.3 Å². The summed E-state index contributed by atoms with van der Waals surface area (Å²) in [4.78, 5) is 15.8. The van der Waals surface area contributed by atoms with Crippen molar-refractivity contribution in [1.82, 2.24) is 10.1 Å². The Bertz CT molecular complexity index is 605. The van der Waals surface area contributed by atoms with Crippen LogP contribution in [0.2, 0.25) is 10.0 Å². The Kier molecular flexibility index (Phi) is 4.07. The van der Waals surface area contributed by atoms with Gasteiger partial charge in [-0.1, -0.05) is 28.4 Å². The number of aryl methyl sites for hydroxylation is 1. The SMILES string of the molecule is CCOC(=O)c1c(-c2c(Cl)cncc2Cl)noc1C. The highest BCUT2D eigenvalue weighted by molar-refractivity contribution is 6.39. The lowest BCUT2D eigenvalue weighted by molar-refractivity contribution is 0.0525. The first-order chi connectivity index (χ1) is 9.06. The van der Waals surface area contributed by atoms with Crippen LogP contribution in [0, 0.1) is 6.92 Å².